The lowest BCUT2D eigenvalue weighted by Crippen LogP contribution is -2.23. The predicted octanol–water partition coefficient (Wildman–Crippen LogP) is 3.17. The van der Waals surface area contributed by atoms with E-state index >= 15 is 0 Å². The third kappa shape index (κ3) is 5.02. The van der Waals surface area contributed by atoms with Gasteiger partial charge in [-0.3, -0.25) is 0 Å². The van der Waals surface area contributed by atoms with Crippen LogP contribution in [0.3, 0.4) is 0 Å². The van der Waals surface area contributed by atoms with E-state index in [2.05, 4.69) is 18.3 Å². The molecule has 0 fully saturated rings. The van der Waals surface area contributed by atoms with E-state index in [0.717, 1.165) is 49.5 Å². The standard InChI is InChI=1S/C16H27NO3/c1-5-10-17-15(7-6-11-18-2)14-12-13(19-3)8-9-16(14)20-4/h8-9,12,15,17H,5-7,10-11H2,1-4H3. The van der Waals surface area contributed by atoms with Crippen molar-refractivity contribution in [2.24, 2.45) is 0 Å². The van der Waals surface area contributed by atoms with E-state index in [0.29, 0.717) is 0 Å². The van der Waals surface area contributed by atoms with E-state index in [-0.39, 0.29) is 6.04 Å². The molecular weight excluding hydrogens is 254 g/mol. The van der Waals surface area contributed by atoms with Gasteiger partial charge in [-0.15, -0.1) is 0 Å². The molecule has 1 atom stereocenters. The quantitative estimate of drug-likeness (QED) is 0.669. The largest absolute Gasteiger partial charge is 0.497 e. The third-order valence-electron chi connectivity index (χ3n) is 3.29. The van der Waals surface area contributed by atoms with Gasteiger partial charge in [0.25, 0.3) is 0 Å². The number of benzene rings is 1. The van der Waals surface area contributed by atoms with Gasteiger partial charge < -0.3 is 19.5 Å². The van der Waals surface area contributed by atoms with Crippen LogP contribution < -0.4 is 14.8 Å². The van der Waals surface area contributed by atoms with Crippen LogP contribution in [0.2, 0.25) is 0 Å². The van der Waals surface area contributed by atoms with Crippen LogP contribution in [-0.4, -0.2) is 34.5 Å². The topological polar surface area (TPSA) is 39.7 Å². The number of methoxy groups -OCH3 is 3. The molecule has 0 aliphatic rings. The molecule has 0 saturated heterocycles. The lowest BCUT2D eigenvalue weighted by atomic mass is 10.0. The van der Waals surface area contributed by atoms with Gasteiger partial charge in [0, 0.05) is 25.3 Å². The molecule has 114 valence electrons. The summed E-state index contributed by atoms with van der Waals surface area (Å²) in [6, 6.07) is 6.20. The zero-order valence-electron chi connectivity index (χ0n) is 13.1. The van der Waals surface area contributed by atoms with Gasteiger partial charge >= 0.3 is 0 Å². The van der Waals surface area contributed by atoms with Gasteiger partial charge in [0.05, 0.1) is 14.2 Å². The molecule has 0 aromatic heterocycles. The SMILES string of the molecule is CCCNC(CCCOC)c1cc(OC)ccc1OC. The van der Waals surface area contributed by atoms with Gasteiger partial charge in [0.2, 0.25) is 0 Å². The number of hydrogen-bond acceptors (Lipinski definition) is 4. The first kappa shape index (κ1) is 16.8. The van der Waals surface area contributed by atoms with Crippen molar-refractivity contribution < 1.29 is 14.2 Å². The van der Waals surface area contributed by atoms with E-state index in [1.807, 2.05) is 12.1 Å². The van der Waals surface area contributed by atoms with Gasteiger partial charge in [0.1, 0.15) is 11.5 Å². The Morgan fingerprint density at radius 2 is 1.95 bits per heavy atom. The summed E-state index contributed by atoms with van der Waals surface area (Å²) < 4.78 is 16.0. The van der Waals surface area contributed by atoms with E-state index < -0.39 is 0 Å². The number of rotatable bonds is 10. The molecule has 4 nitrogen and oxygen atoms in total. The van der Waals surface area contributed by atoms with Gasteiger partial charge in [-0.1, -0.05) is 6.92 Å². The summed E-state index contributed by atoms with van der Waals surface area (Å²) in [5, 5.41) is 3.58. The summed E-state index contributed by atoms with van der Waals surface area (Å²) in [4.78, 5) is 0. The smallest absolute Gasteiger partial charge is 0.123 e. The van der Waals surface area contributed by atoms with Crippen molar-refractivity contribution in [2.45, 2.75) is 32.2 Å². The molecule has 4 heteroatoms. The first-order chi connectivity index (χ1) is 9.76. The summed E-state index contributed by atoms with van der Waals surface area (Å²) in [5.41, 5.74) is 1.15. The molecule has 0 aliphatic carbocycles. The summed E-state index contributed by atoms with van der Waals surface area (Å²) in [6.45, 7) is 3.93. The van der Waals surface area contributed by atoms with Crippen molar-refractivity contribution >= 4 is 0 Å². The molecule has 1 rings (SSSR count). The second-order valence-electron chi connectivity index (χ2n) is 4.75. The number of ether oxygens (including phenoxy) is 3. The maximum atomic E-state index is 5.49. The zero-order chi connectivity index (χ0) is 14.8. The zero-order valence-corrected chi connectivity index (χ0v) is 13.1. The molecule has 1 aromatic rings. The highest BCUT2D eigenvalue weighted by Gasteiger charge is 2.16. The summed E-state index contributed by atoms with van der Waals surface area (Å²) in [7, 11) is 5.13. The summed E-state index contributed by atoms with van der Waals surface area (Å²) in [5.74, 6) is 1.76. The average Bonchev–Trinajstić information content (AvgIpc) is 2.50. The van der Waals surface area contributed by atoms with E-state index in [1.165, 1.54) is 0 Å². The highest BCUT2D eigenvalue weighted by molar-refractivity contribution is 5.42. The van der Waals surface area contributed by atoms with E-state index in [1.54, 1.807) is 21.3 Å². The predicted molar refractivity (Wildman–Crippen MR) is 81.7 cm³/mol. The summed E-state index contributed by atoms with van der Waals surface area (Å²) in [6.07, 6.45) is 3.13. The Morgan fingerprint density at radius 1 is 1.15 bits per heavy atom. The Labute approximate surface area is 122 Å². The van der Waals surface area contributed by atoms with Crippen LogP contribution in [0.1, 0.15) is 37.8 Å². The lowest BCUT2D eigenvalue weighted by molar-refractivity contribution is 0.188. The minimum absolute atomic E-state index is 0.259. The van der Waals surface area contributed by atoms with Crippen LogP contribution >= 0.6 is 0 Å². The first-order valence-electron chi connectivity index (χ1n) is 7.21. The average molecular weight is 281 g/mol. The van der Waals surface area contributed by atoms with Gasteiger partial charge in [0.15, 0.2) is 0 Å². The Hall–Kier alpha value is -1.26. The molecule has 0 radical (unpaired) electrons. The monoisotopic (exact) mass is 281 g/mol. The molecule has 1 unspecified atom stereocenters. The molecule has 0 aliphatic heterocycles. The highest BCUT2D eigenvalue weighted by atomic mass is 16.5. The van der Waals surface area contributed by atoms with Crippen molar-refractivity contribution in [3.8, 4) is 11.5 Å². The maximum Gasteiger partial charge on any atom is 0.123 e. The minimum Gasteiger partial charge on any atom is -0.497 e. The van der Waals surface area contributed by atoms with Gasteiger partial charge in [-0.25, -0.2) is 0 Å². The van der Waals surface area contributed by atoms with Gasteiger partial charge in [-0.05, 0) is 44.0 Å². The molecular formula is C16H27NO3. The van der Waals surface area contributed by atoms with E-state index in [4.69, 9.17) is 14.2 Å². The van der Waals surface area contributed by atoms with Crippen LogP contribution in [0, 0.1) is 0 Å². The number of nitrogens with one attached hydrogen (secondary N) is 1. The van der Waals surface area contributed by atoms with Crippen LogP contribution in [0.4, 0.5) is 0 Å². The molecule has 1 N–H and O–H groups in total. The minimum atomic E-state index is 0.259. The lowest BCUT2D eigenvalue weighted by Gasteiger charge is -2.22. The first-order valence-corrected chi connectivity index (χ1v) is 7.21. The third-order valence-corrected chi connectivity index (χ3v) is 3.29. The Balaban J connectivity index is 2.90. The fourth-order valence-electron chi connectivity index (χ4n) is 2.23. The molecule has 0 saturated carbocycles. The fraction of sp³-hybridized carbons (Fsp3) is 0.625. The molecule has 0 bridgehead atoms. The van der Waals surface area contributed by atoms with Crippen molar-refractivity contribution in [3.63, 3.8) is 0 Å². The molecule has 0 heterocycles. The molecule has 0 spiro atoms. The second-order valence-corrected chi connectivity index (χ2v) is 4.75. The maximum absolute atomic E-state index is 5.49. The molecule has 1 aromatic carbocycles. The van der Waals surface area contributed by atoms with Crippen LogP contribution in [-0.2, 0) is 4.74 Å². The Kier molecular flexibility index (Phi) is 8.07. The fourth-order valence-corrected chi connectivity index (χ4v) is 2.23. The molecule has 0 amide bonds. The Bertz CT molecular complexity index is 382. The van der Waals surface area contributed by atoms with Crippen LogP contribution in [0.5, 0.6) is 11.5 Å². The normalized spacial score (nSPS) is 12.2. The van der Waals surface area contributed by atoms with Crippen molar-refractivity contribution in [1.82, 2.24) is 5.32 Å². The van der Waals surface area contributed by atoms with Crippen molar-refractivity contribution in [3.05, 3.63) is 23.8 Å². The van der Waals surface area contributed by atoms with E-state index in [9.17, 15) is 0 Å². The number of hydrogen-bond donors (Lipinski definition) is 1. The summed E-state index contributed by atoms with van der Waals surface area (Å²) >= 11 is 0. The van der Waals surface area contributed by atoms with Crippen molar-refractivity contribution in [1.29, 1.82) is 0 Å². The van der Waals surface area contributed by atoms with Crippen LogP contribution in [0.25, 0.3) is 0 Å². The van der Waals surface area contributed by atoms with Gasteiger partial charge in [-0.2, -0.15) is 0 Å². The second kappa shape index (κ2) is 9.61. The van der Waals surface area contributed by atoms with Crippen LogP contribution in [0.15, 0.2) is 18.2 Å². The van der Waals surface area contributed by atoms with Crippen molar-refractivity contribution in [2.75, 3.05) is 34.5 Å². The molecule has 20 heavy (non-hydrogen) atoms. The highest BCUT2D eigenvalue weighted by Crippen LogP contribution is 2.31. The Morgan fingerprint density at radius 3 is 2.55 bits per heavy atom.